The number of hydrogen-bond acceptors (Lipinski definition) is 3. The molecule has 0 fully saturated rings. The lowest BCUT2D eigenvalue weighted by Gasteiger charge is -2.12. The third-order valence-corrected chi connectivity index (χ3v) is 2.54. The van der Waals surface area contributed by atoms with Crippen LogP contribution >= 0.6 is 11.6 Å². The number of halogens is 1. The summed E-state index contributed by atoms with van der Waals surface area (Å²) in [6.07, 6.45) is 0. The molecule has 0 bridgehead atoms. The maximum absolute atomic E-state index is 11.2. The van der Waals surface area contributed by atoms with Crippen molar-refractivity contribution < 1.29 is 9.53 Å². The molecule has 78 valence electrons. The van der Waals surface area contributed by atoms with E-state index in [1.54, 1.807) is 18.2 Å². The quantitative estimate of drug-likeness (QED) is 0.740. The second-order valence-electron chi connectivity index (χ2n) is 3.01. The molecule has 1 aromatic carbocycles. The molecule has 0 heterocycles. The van der Waals surface area contributed by atoms with E-state index in [1.807, 2.05) is 6.07 Å². The zero-order valence-corrected chi connectivity index (χ0v) is 9.21. The van der Waals surface area contributed by atoms with Gasteiger partial charge >= 0.3 is 0 Å². The van der Waals surface area contributed by atoms with Gasteiger partial charge in [0.05, 0.1) is 18.7 Å². The van der Waals surface area contributed by atoms with Gasteiger partial charge in [0, 0.05) is 5.56 Å². The van der Waals surface area contributed by atoms with E-state index in [-0.39, 0.29) is 5.78 Å². The molecule has 1 rings (SSSR count). The van der Waals surface area contributed by atoms with Crippen LogP contribution in [0.2, 0.25) is 0 Å². The van der Waals surface area contributed by atoms with Gasteiger partial charge in [-0.25, -0.2) is 0 Å². The average Bonchev–Trinajstić information content (AvgIpc) is 2.26. The van der Waals surface area contributed by atoms with Crippen molar-refractivity contribution >= 4 is 17.4 Å². The molecule has 0 N–H and O–H groups in total. The van der Waals surface area contributed by atoms with Crippen LogP contribution in [-0.2, 0) is 4.79 Å². The Morgan fingerprint density at radius 1 is 1.60 bits per heavy atom. The van der Waals surface area contributed by atoms with Crippen LogP contribution in [0, 0.1) is 11.3 Å². The minimum Gasteiger partial charge on any atom is -0.496 e. The number of methoxy groups -OCH3 is 1. The molecule has 0 aliphatic rings. The van der Waals surface area contributed by atoms with Crippen LogP contribution in [0.1, 0.15) is 23.4 Å². The number of benzene rings is 1. The fraction of sp³-hybridized carbons (Fsp3) is 0.273. The van der Waals surface area contributed by atoms with Crippen molar-refractivity contribution in [3.8, 4) is 11.8 Å². The number of carbonyl (C=O) groups is 1. The van der Waals surface area contributed by atoms with Crippen molar-refractivity contribution in [1.82, 2.24) is 0 Å². The fourth-order valence-electron chi connectivity index (χ4n) is 1.28. The molecular formula is C11H10ClNO2. The second-order valence-corrected chi connectivity index (χ2v) is 3.44. The number of nitriles is 1. The van der Waals surface area contributed by atoms with Crippen molar-refractivity contribution in [2.24, 2.45) is 0 Å². The number of ketones is 1. The van der Waals surface area contributed by atoms with E-state index >= 15 is 0 Å². The normalized spacial score (nSPS) is 11.6. The van der Waals surface area contributed by atoms with Gasteiger partial charge in [0.25, 0.3) is 0 Å². The lowest BCUT2D eigenvalue weighted by Crippen LogP contribution is -2.06. The zero-order valence-electron chi connectivity index (χ0n) is 8.45. The minimum absolute atomic E-state index is 0.210. The second kappa shape index (κ2) is 4.81. The summed E-state index contributed by atoms with van der Waals surface area (Å²) in [4.78, 5) is 11.2. The number of hydrogen-bond donors (Lipinski definition) is 0. The van der Waals surface area contributed by atoms with Gasteiger partial charge in [-0.3, -0.25) is 4.79 Å². The van der Waals surface area contributed by atoms with E-state index in [0.29, 0.717) is 16.9 Å². The highest BCUT2D eigenvalue weighted by Crippen LogP contribution is 2.32. The summed E-state index contributed by atoms with van der Waals surface area (Å²) < 4.78 is 5.07. The summed E-state index contributed by atoms with van der Waals surface area (Å²) in [5.41, 5.74) is 0.807. The number of Topliss-reactive ketones (excluding diaryl/α,β-unsaturated/α-hetero) is 1. The summed E-state index contributed by atoms with van der Waals surface area (Å²) in [5.74, 6) is 0.252. The van der Waals surface area contributed by atoms with Gasteiger partial charge in [0.2, 0.25) is 0 Å². The number of nitrogens with zero attached hydrogens (tertiary/aromatic N) is 1. The predicted molar refractivity (Wildman–Crippen MR) is 57.0 cm³/mol. The molecule has 0 aromatic heterocycles. The van der Waals surface area contributed by atoms with Crippen LogP contribution in [0.4, 0.5) is 0 Å². The van der Waals surface area contributed by atoms with Crippen molar-refractivity contribution in [3.63, 3.8) is 0 Å². The summed E-state index contributed by atoms with van der Waals surface area (Å²) >= 11 is 5.93. The van der Waals surface area contributed by atoms with Crippen molar-refractivity contribution in [2.45, 2.75) is 12.3 Å². The molecule has 1 atom stereocenters. The van der Waals surface area contributed by atoms with E-state index in [2.05, 4.69) is 0 Å². The first kappa shape index (κ1) is 11.5. The van der Waals surface area contributed by atoms with Crippen LogP contribution in [-0.4, -0.2) is 12.9 Å². The summed E-state index contributed by atoms with van der Waals surface area (Å²) in [6, 6.07) is 6.96. The monoisotopic (exact) mass is 223 g/mol. The summed E-state index contributed by atoms with van der Waals surface area (Å²) in [6.45, 7) is 1.38. The van der Waals surface area contributed by atoms with Crippen molar-refractivity contribution in [2.75, 3.05) is 7.11 Å². The summed E-state index contributed by atoms with van der Waals surface area (Å²) in [5, 5.41) is 8.06. The lowest BCUT2D eigenvalue weighted by molar-refractivity contribution is -0.116. The molecule has 1 unspecified atom stereocenters. The highest BCUT2D eigenvalue weighted by molar-refractivity contribution is 6.31. The van der Waals surface area contributed by atoms with E-state index in [4.69, 9.17) is 21.6 Å². The molecule has 4 heteroatoms. The molecule has 1 aromatic rings. The van der Waals surface area contributed by atoms with E-state index in [0.717, 1.165) is 0 Å². The van der Waals surface area contributed by atoms with Crippen molar-refractivity contribution in [1.29, 1.82) is 5.26 Å². The molecule has 0 amide bonds. The Labute approximate surface area is 93.2 Å². The Morgan fingerprint density at radius 2 is 2.27 bits per heavy atom. The maximum Gasteiger partial charge on any atom is 0.152 e. The van der Waals surface area contributed by atoms with Gasteiger partial charge < -0.3 is 4.74 Å². The lowest BCUT2D eigenvalue weighted by atomic mass is 10.0. The number of carbonyl (C=O) groups excluding carboxylic acids is 1. The Balaban J connectivity index is 3.35. The Hall–Kier alpha value is -1.53. The zero-order chi connectivity index (χ0) is 11.4. The molecule has 15 heavy (non-hydrogen) atoms. The highest BCUT2D eigenvalue weighted by Gasteiger charge is 2.21. The van der Waals surface area contributed by atoms with Gasteiger partial charge in [-0.2, -0.15) is 5.26 Å². The molecule has 3 nitrogen and oxygen atoms in total. The largest absolute Gasteiger partial charge is 0.496 e. The van der Waals surface area contributed by atoms with Crippen LogP contribution in [0.3, 0.4) is 0 Å². The molecule has 0 radical (unpaired) electrons. The highest BCUT2D eigenvalue weighted by atomic mass is 35.5. The van der Waals surface area contributed by atoms with Gasteiger partial charge in [-0.05, 0) is 19.1 Å². The Morgan fingerprint density at radius 3 is 2.73 bits per heavy atom. The molecule has 0 aliphatic heterocycles. The third kappa shape index (κ3) is 2.28. The van der Waals surface area contributed by atoms with E-state index in [1.165, 1.54) is 14.0 Å². The average molecular weight is 224 g/mol. The SMILES string of the molecule is COc1cccc(C#N)c1C(Cl)C(C)=O. The minimum atomic E-state index is -0.837. The molecular weight excluding hydrogens is 214 g/mol. The first-order valence-corrected chi connectivity index (χ1v) is 4.77. The smallest absolute Gasteiger partial charge is 0.152 e. The van der Waals surface area contributed by atoms with Crippen LogP contribution < -0.4 is 4.74 Å². The molecule has 0 saturated carbocycles. The Kier molecular flexibility index (Phi) is 3.70. The fourth-order valence-corrected chi connectivity index (χ4v) is 1.51. The van der Waals surface area contributed by atoms with E-state index in [9.17, 15) is 4.79 Å². The van der Waals surface area contributed by atoms with Crippen LogP contribution in [0.5, 0.6) is 5.75 Å². The van der Waals surface area contributed by atoms with Gasteiger partial charge in [-0.15, -0.1) is 11.6 Å². The van der Waals surface area contributed by atoms with Crippen LogP contribution in [0.15, 0.2) is 18.2 Å². The molecule has 0 saturated heterocycles. The topological polar surface area (TPSA) is 50.1 Å². The van der Waals surface area contributed by atoms with E-state index < -0.39 is 5.38 Å². The third-order valence-electron chi connectivity index (χ3n) is 2.02. The van der Waals surface area contributed by atoms with Gasteiger partial charge in [0.15, 0.2) is 5.78 Å². The van der Waals surface area contributed by atoms with Gasteiger partial charge in [-0.1, -0.05) is 6.07 Å². The number of ether oxygens (including phenoxy) is 1. The maximum atomic E-state index is 11.2. The molecule has 0 spiro atoms. The predicted octanol–water partition coefficient (Wildman–Crippen LogP) is 2.44. The summed E-state index contributed by atoms with van der Waals surface area (Å²) in [7, 11) is 1.48. The number of alkyl halides is 1. The first-order chi connectivity index (χ1) is 7.11. The van der Waals surface area contributed by atoms with Crippen molar-refractivity contribution in [3.05, 3.63) is 29.3 Å². The number of rotatable bonds is 3. The standard InChI is InChI=1S/C11H10ClNO2/c1-7(14)11(12)10-8(6-13)4-3-5-9(10)15-2/h3-5,11H,1-2H3. The molecule has 0 aliphatic carbocycles. The Bertz CT molecular complexity index is 423. The van der Waals surface area contributed by atoms with Gasteiger partial charge in [0.1, 0.15) is 11.1 Å². The first-order valence-electron chi connectivity index (χ1n) is 4.33. The van der Waals surface area contributed by atoms with Crippen LogP contribution in [0.25, 0.3) is 0 Å².